The largest absolute Gasteiger partial charge is 0.480 e. The monoisotopic (exact) mass is 307 g/mol. The normalized spacial score (nSPS) is 13.9. The molecular formula is C14H17N3O5. The lowest BCUT2D eigenvalue weighted by molar-refractivity contribution is -0.143. The van der Waals surface area contributed by atoms with Crippen LogP contribution in [0.4, 0.5) is 0 Å². The zero-order valence-electron chi connectivity index (χ0n) is 11.6. The molecule has 22 heavy (non-hydrogen) atoms. The summed E-state index contributed by atoms with van der Waals surface area (Å²) in [6.45, 7) is -0.651. The highest BCUT2D eigenvalue weighted by molar-refractivity contribution is 5.84. The first-order chi connectivity index (χ1) is 10.5. The van der Waals surface area contributed by atoms with E-state index >= 15 is 0 Å². The Morgan fingerprint density at radius 2 is 1.73 bits per heavy atom. The standard InChI is InChI=1S/C14H17N3O5/c18-7-12(14(21)22)17-16-11(13(19)20)5-8-6-15-10-4-2-1-3-9(8)10/h1-4,6,11-12,15-18H,5,7H2,(H,19,20)(H,21,22)/t11-,12-/m0/s1. The molecule has 0 aliphatic heterocycles. The van der Waals surface area contributed by atoms with Gasteiger partial charge in [-0.15, -0.1) is 0 Å². The van der Waals surface area contributed by atoms with Gasteiger partial charge >= 0.3 is 11.9 Å². The quantitative estimate of drug-likeness (QED) is 0.369. The number of aliphatic carboxylic acids is 2. The van der Waals surface area contributed by atoms with Crippen molar-refractivity contribution in [1.82, 2.24) is 15.8 Å². The van der Waals surface area contributed by atoms with Crippen LogP contribution in [0.2, 0.25) is 0 Å². The minimum absolute atomic E-state index is 0.157. The molecule has 0 aliphatic carbocycles. The Kier molecular flexibility index (Phi) is 5.10. The second kappa shape index (κ2) is 7.03. The number of aliphatic hydroxyl groups is 1. The van der Waals surface area contributed by atoms with Crippen LogP contribution in [0.15, 0.2) is 30.5 Å². The lowest BCUT2D eigenvalue weighted by Gasteiger charge is -2.18. The Morgan fingerprint density at radius 1 is 1.09 bits per heavy atom. The fourth-order valence-electron chi connectivity index (χ4n) is 2.11. The van der Waals surface area contributed by atoms with Crippen LogP contribution in [0.3, 0.4) is 0 Å². The molecule has 0 amide bonds. The highest BCUT2D eigenvalue weighted by Gasteiger charge is 2.22. The SMILES string of the molecule is O=C(O)[C@H](CO)NN[C@@H](Cc1c[nH]c2ccccc12)C(=O)O. The van der Waals surface area contributed by atoms with Gasteiger partial charge in [-0.3, -0.25) is 9.59 Å². The van der Waals surface area contributed by atoms with Crippen LogP contribution in [-0.4, -0.2) is 50.9 Å². The number of aromatic amines is 1. The molecule has 0 saturated carbocycles. The van der Waals surface area contributed by atoms with Crippen molar-refractivity contribution in [3.63, 3.8) is 0 Å². The second-order valence-corrected chi connectivity index (χ2v) is 4.82. The van der Waals surface area contributed by atoms with E-state index in [9.17, 15) is 14.7 Å². The predicted octanol–water partition coefficient (Wildman–Crippen LogP) is -0.297. The van der Waals surface area contributed by atoms with E-state index in [2.05, 4.69) is 15.8 Å². The molecule has 1 aromatic carbocycles. The molecule has 0 aliphatic rings. The molecule has 1 heterocycles. The van der Waals surface area contributed by atoms with Gasteiger partial charge in [0.05, 0.1) is 6.61 Å². The van der Waals surface area contributed by atoms with Crippen molar-refractivity contribution in [2.24, 2.45) is 0 Å². The molecule has 8 nitrogen and oxygen atoms in total. The van der Waals surface area contributed by atoms with Crippen LogP contribution in [-0.2, 0) is 16.0 Å². The molecule has 6 N–H and O–H groups in total. The van der Waals surface area contributed by atoms with E-state index in [0.717, 1.165) is 16.5 Å². The third-order valence-electron chi connectivity index (χ3n) is 3.31. The molecule has 0 fully saturated rings. The van der Waals surface area contributed by atoms with E-state index in [1.165, 1.54) is 0 Å². The smallest absolute Gasteiger partial charge is 0.324 e. The predicted molar refractivity (Wildman–Crippen MR) is 78.2 cm³/mol. The molecular weight excluding hydrogens is 290 g/mol. The number of nitrogens with one attached hydrogen (secondary N) is 3. The van der Waals surface area contributed by atoms with E-state index in [4.69, 9.17) is 10.2 Å². The van der Waals surface area contributed by atoms with Crippen LogP contribution in [0.25, 0.3) is 10.9 Å². The van der Waals surface area contributed by atoms with Gasteiger partial charge in [-0.05, 0) is 11.6 Å². The summed E-state index contributed by atoms with van der Waals surface area (Å²) in [5.74, 6) is -2.40. The number of aliphatic hydroxyl groups excluding tert-OH is 1. The summed E-state index contributed by atoms with van der Waals surface area (Å²) >= 11 is 0. The van der Waals surface area contributed by atoms with Gasteiger partial charge in [0.25, 0.3) is 0 Å². The first kappa shape index (κ1) is 16.0. The Bertz CT molecular complexity index is 669. The van der Waals surface area contributed by atoms with Crippen molar-refractivity contribution in [2.75, 3.05) is 6.61 Å². The number of carbonyl (C=O) groups is 2. The first-order valence-electron chi connectivity index (χ1n) is 6.65. The van der Waals surface area contributed by atoms with Crippen molar-refractivity contribution >= 4 is 22.8 Å². The molecule has 2 aromatic rings. The second-order valence-electron chi connectivity index (χ2n) is 4.82. The van der Waals surface area contributed by atoms with Crippen molar-refractivity contribution in [2.45, 2.75) is 18.5 Å². The lowest BCUT2D eigenvalue weighted by atomic mass is 10.1. The number of carboxylic acids is 2. The number of aromatic nitrogens is 1. The lowest BCUT2D eigenvalue weighted by Crippen LogP contribution is -2.54. The maximum absolute atomic E-state index is 11.3. The van der Waals surface area contributed by atoms with Crippen LogP contribution in [0.5, 0.6) is 0 Å². The maximum atomic E-state index is 11.3. The number of rotatable bonds is 8. The minimum atomic E-state index is -1.27. The van der Waals surface area contributed by atoms with Gasteiger partial charge in [-0.2, -0.15) is 0 Å². The minimum Gasteiger partial charge on any atom is -0.480 e. The number of hydrazine groups is 1. The fraction of sp³-hybridized carbons (Fsp3) is 0.286. The van der Waals surface area contributed by atoms with Crippen LogP contribution in [0.1, 0.15) is 5.56 Å². The highest BCUT2D eigenvalue weighted by atomic mass is 16.4. The van der Waals surface area contributed by atoms with Crippen molar-refractivity contribution in [3.05, 3.63) is 36.0 Å². The van der Waals surface area contributed by atoms with Gasteiger partial charge in [0, 0.05) is 23.5 Å². The third-order valence-corrected chi connectivity index (χ3v) is 3.31. The molecule has 0 unspecified atom stereocenters. The topological polar surface area (TPSA) is 135 Å². The Hall–Kier alpha value is -2.42. The van der Waals surface area contributed by atoms with E-state index in [0.29, 0.717) is 0 Å². The van der Waals surface area contributed by atoms with Crippen molar-refractivity contribution < 1.29 is 24.9 Å². The number of benzene rings is 1. The van der Waals surface area contributed by atoms with Gasteiger partial charge in [-0.1, -0.05) is 18.2 Å². The number of hydrogen-bond donors (Lipinski definition) is 6. The summed E-state index contributed by atoms with van der Waals surface area (Å²) in [6.07, 6.45) is 1.88. The molecule has 8 heteroatoms. The average molecular weight is 307 g/mol. The molecule has 2 atom stereocenters. The van der Waals surface area contributed by atoms with Gasteiger partial charge < -0.3 is 20.3 Å². The Labute approximate surface area is 125 Å². The summed E-state index contributed by atoms with van der Waals surface area (Å²) < 4.78 is 0. The van der Waals surface area contributed by atoms with Gasteiger partial charge in [0.2, 0.25) is 0 Å². The number of para-hydroxylation sites is 1. The Balaban J connectivity index is 2.09. The summed E-state index contributed by atoms with van der Waals surface area (Å²) in [4.78, 5) is 25.2. The Morgan fingerprint density at radius 3 is 2.36 bits per heavy atom. The van der Waals surface area contributed by atoms with E-state index in [1.807, 2.05) is 24.3 Å². The van der Waals surface area contributed by atoms with Crippen LogP contribution >= 0.6 is 0 Å². The third kappa shape index (κ3) is 3.61. The molecule has 0 spiro atoms. The number of H-pyrrole nitrogens is 1. The summed E-state index contributed by atoms with van der Waals surface area (Å²) in [7, 11) is 0. The number of hydrogen-bond acceptors (Lipinski definition) is 5. The molecule has 0 bridgehead atoms. The van der Waals surface area contributed by atoms with Gasteiger partial charge in [0.1, 0.15) is 12.1 Å². The zero-order chi connectivity index (χ0) is 16.1. The van der Waals surface area contributed by atoms with Gasteiger partial charge in [0.15, 0.2) is 0 Å². The zero-order valence-corrected chi connectivity index (χ0v) is 11.6. The number of fused-ring (bicyclic) bond motifs is 1. The summed E-state index contributed by atoms with van der Waals surface area (Å²) in [5, 5.41) is 27.9. The highest BCUT2D eigenvalue weighted by Crippen LogP contribution is 2.19. The summed E-state index contributed by atoms with van der Waals surface area (Å²) in [6, 6.07) is 5.18. The van der Waals surface area contributed by atoms with Crippen LogP contribution in [0, 0.1) is 0 Å². The van der Waals surface area contributed by atoms with Crippen LogP contribution < -0.4 is 10.9 Å². The van der Waals surface area contributed by atoms with Crippen molar-refractivity contribution in [1.29, 1.82) is 0 Å². The van der Waals surface area contributed by atoms with E-state index in [1.54, 1.807) is 6.20 Å². The number of carboxylic acid groups (broad SMARTS) is 2. The molecule has 0 saturated heterocycles. The molecule has 2 rings (SSSR count). The molecule has 0 radical (unpaired) electrons. The molecule has 118 valence electrons. The molecule has 1 aromatic heterocycles. The van der Waals surface area contributed by atoms with E-state index in [-0.39, 0.29) is 6.42 Å². The fourth-order valence-corrected chi connectivity index (χ4v) is 2.11. The maximum Gasteiger partial charge on any atom is 0.324 e. The van der Waals surface area contributed by atoms with Crippen molar-refractivity contribution in [3.8, 4) is 0 Å². The first-order valence-corrected chi connectivity index (χ1v) is 6.65. The van der Waals surface area contributed by atoms with E-state index < -0.39 is 30.6 Å². The average Bonchev–Trinajstić information content (AvgIpc) is 2.89. The van der Waals surface area contributed by atoms with Gasteiger partial charge in [-0.25, -0.2) is 10.9 Å². The summed E-state index contributed by atoms with van der Waals surface area (Å²) in [5.41, 5.74) is 6.47.